The van der Waals surface area contributed by atoms with Gasteiger partial charge in [0.1, 0.15) is 11.6 Å². The number of hydrogen-bond acceptors (Lipinski definition) is 2. The minimum Gasteiger partial charge on any atom is -0.506 e. The fraction of sp³-hybridized carbons (Fsp3) is 0.200. The standard InChI is InChI=1S/C10H9FOS/c1-2-6-8(11)4-3-7-9(12)5-13-10(6)7/h3-5,12H,2H2,1H3. The summed E-state index contributed by atoms with van der Waals surface area (Å²) < 4.78 is 14.1. The number of halogens is 1. The fourth-order valence-electron chi connectivity index (χ4n) is 1.45. The largest absolute Gasteiger partial charge is 0.506 e. The van der Waals surface area contributed by atoms with Gasteiger partial charge in [0.05, 0.1) is 0 Å². The van der Waals surface area contributed by atoms with Gasteiger partial charge in [-0.2, -0.15) is 0 Å². The molecular formula is C10H9FOS. The molecule has 1 aromatic carbocycles. The summed E-state index contributed by atoms with van der Waals surface area (Å²) in [6.45, 7) is 1.91. The Morgan fingerprint density at radius 2 is 2.23 bits per heavy atom. The minimum atomic E-state index is -0.183. The molecule has 0 aliphatic heterocycles. The zero-order chi connectivity index (χ0) is 9.42. The molecule has 0 aliphatic rings. The van der Waals surface area contributed by atoms with E-state index >= 15 is 0 Å². The Kier molecular flexibility index (Phi) is 1.96. The Morgan fingerprint density at radius 3 is 2.92 bits per heavy atom. The lowest BCUT2D eigenvalue weighted by atomic mass is 10.1. The molecule has 0 saturated heterocycles. The third-order valence-corrected chi connectivity index (χ3v) is 3.16. The van der Waals surface area contributed by atoms with Gasteiger partial charge in [0.15, 0.2) is 0 Å². The van der Waals surface area contributed by atoms with Crippen molar-refractivity contribution in [1.29, 1.82) is 0 Å². The van der Waals surface area contributed by atoms with Gasteiger partial charge in [0, 0.05) is 21.0 Å². The molecule has 0 saturated carbocycles. The maximum absolute atomic E-state index is 13.3. The molecule has 3 heteroatoms. The summed E-state index contributed by atoms with van der Waals surface area (Å²) in [5, 5.41) is 11.8. The van der Waals surface area contributed by atoms with Crippen LogP contribution in [-0.4, -0.2) is 5.11 Å². The number of fused-ring (bicyclic) bond motifs is 1. The average molecular weight is 196 g/mol. The van der Waals surface area contributed by atoms with E-state index in [1.54, 1.807) is 11.4 Å². The SMILES string of the molecule is CCc1c(F)ccc2c(O)csc12. The number of aromatic hydroxyl groups is 1. The molecule has 0 bridgehead atoms. The number of benzene rings is 1. The number of aryl methyl sites for hydroxylation is 1. The topological polar surface area (TPSA) is 20.2 Å². The average Bonchev–Trinajstić information content (AvgIpc) is 2.48. The molecule has 0 spiro atoms. The van der Waals surface area contributed by atoms with Crippen LogP contribution in [0, 0.1) is 5.82 Å². The molecule has 0 atom stereocenters. The summed E-state index contributed by atoms with van der Waals surface area (Å²) in [6, 6.07) is 3.03. The number of thiophene rings is 1. The zero-order valence-electron chi connectivity index (χ0n) is 7.17. The molecule has 1 aromatic heterocycles. The molecule has 0 aliphatic carbocycles. The van der Waals surface area contributed by atoms with Crippen molar-refractivity contribution in [2.24, 2.45) is 0 Å². The molecule has 0 fully saturated rings. The van der Waals surface area contributed by atoms with Crippen LogP contribution >= 0.6 is 11.3 Å². The van der Waals surface area contributed by atoms with Gasteiger partial charge in [-0.25, -0.2) is 4.39 Å². The fourth-order valence-corrected chi connectivity index (χ4v) is 2.49. The van der Waals surface area contributed by atoms with Crippen LogP contribution in [0.1, 0.15) is 12.5 Å². The van der Waals surface area contributed by atoms with Crippen molar-refractivity contribution in [2.75, 3.05) is 0 Å². The summed E-state index contributed by atoms with van der Waals surface area (Å²) in [4.78, 5) is 0. The first-order valence-corrected chi connectivity index (χ1v) is 4.99. The van der Waals surface area contributed by atoms with Crippen molar-refractivity contribution in [3.8, 4) is 5.75 Å². The number of rotatable bonds is 1. The molecule has 0 radical (unpaired) electrons. The van der Waals surface area contributed by atoms with Crippen LogP contribution in [0.4, 0.5) is 4.39 Å². The predicted molar refractivity (Wildman–Crippen MR) is 52.8 cm³/mol. The van der Waals surface area contributed by atoms with Gasteiger partial charge in [0.25, 0.3) is 0 Å². The van der Waals surface area contributed by atoms with Gasteiger partial charge in [-0.3, -0.25) is 0 Å². The Labute approximate surface area is 79.4 Å². The van der Waals surface area contributed by atoms with Crippen LogP contribution in [0.5, 0.6) is 5.75 Å². The van der Waals surface area contributed by atoms with E-state index in [9.17, 15) is 9.50 Å². The summed E-state index contributed by atoms with van der Waals surface area (Å²) in [5.41, 5.74) is 0.697. The zero-order valence-corrected chi connectivity index (χ0v) is 7.99. The summed E-state index contributed by atoms with van der Waals surface area (Å²) in [6.07, 6.45) is 0.656. The molecule has 1 nitrogen and oxygen atoms in total. The van der Waals surface area contributed by atoms with Crippen LogP contribution < -0.4 is 0 Å². The van der Waals surface area contributed by atoms with E-state index in [4.69, 9.17) is 0 Å². The normalized spacial score (nSPS) is 10.9. The van der Waals surface area contributed by atoms with Gasteiger partial charge >= 0.3 is 0 Å². The maximum atomic E-state index is 13.3. The molecule has 13 heavy (non-hydrogen) atoms. The van der Waals surface area contributed by atoms with Crippen molar-refractivity contribution in [1.82, 2.24) is 0 Å². The van der Waals surface area contributed by atoms with Crippen LogP contribution in [0.3, 0.4) is 0 Å². The molecular weight excluding hydrogens is 187 g/mol. The van der Waals surface area contributed by atoms with Crippen molar-refractivity contribution in [2.45, 2.75) is 13.3 Å². The monoisotopic (exact) mass is 196 g/mol. The second-order valence-corrected chi connectivity index (χ2v) is 3.76. The molecule has 0 amide bonds. The van der Waals surface area contributed by atoms with Crippen LogP contribution in [0.15, 0.2) is 17.5 Å². The van der Waals surface area contributed by atoms with Crippen molar-refractivity contribution < 1.29 is 9.50 Å². The number of hydrogen-bond donors (Lipinski definition) is 1. The van der Waals surface area contributed by atoms with E-state index in [2.05, 4.69) is 0 Å². The molecule has 2 aromatic rings. The van der Waals surface area contributed by atoms with Gasteiger partial charge in [0.2, 0.25) is 0 Å². The lowest BCUT2D eigenvalue weighted by Gasteiger charge is -2.00. The second kappa shape index (κ2) is 3.00. The van der Waals surface area contributed by atoms with Crippen molar-refractivity contribution in [3.63, 3.8) is 0 Å². The van der Waals surface area contributed by atoms with E-state index in [1.165, 1.54) is 17.4 Å². The highest BCUT2D eigenvalue weighted by atomic mass is 32.1. The van der Waals surface area contributed by atoms with E-state index in [0.717, 1.165) is 10.1 Å². The lowest BCUT2D eigenvalue weighted by Crippen LogP contribution is -1.86. The summed E-state index contributed by atoms with van der Waals surface area (Å²) in [7, 11) is 0. The summed E-state index contributed by atoms with van der Waals surface area (Å²) >= 11 is 1.39. The lowest BCUT2D eigenvalue weighted by molar-refractivity contribution is 0.483. The van der Waals surface area contributed by atoms with Crippen molar-refractivity contribution >= 4 is 21.4 Å². The highest BCUT2D eigenvalue weighted by molar-refractivity contribution is 7.17. The first-order chi connectivity index (χ1) is 6.24. The quantitative estimate of drug-likeness (QED) is 0.741. The molecule has 1 N–H and O–H groups in total. The Hall–Kier alpha value is -1.09. The third kappa shape index (κ3) is 1.20. The van der Waals surface area contributed by atoms with E-state index in [1.807, 2.05) is 6.92 Å². The third-order valence-electron chi connectivity index (χ3n) is 2.12. The Bertz CT molecular complexity index is 447. The van der Waals surface area contributed by atoms with Gasteiger partial charge < -0.3 is 5.11 Å². The van der Waals surface area contributed by atoms with Gasteiger partial charge in [-0.15, -0.1) is 11.3 Å². The molecule has 0 unspecified atom stereocenters. The predicted octanol–water partition coefficient (Wildman–Crippen LogP) is 3.31. The van der Waals surface area contributed by atoms with E-state index in [0.29, 0.717) is 12.0 Å². The smallest absolute Gasteiger partial charge is 0.134 e. The second-order valence-electron chi connectivity index (χ2n) is 2.88. The molecule has 2 rings (SSSR count). The molecule has 68 valence electrons. The van der Waals surface area contributed by atoms with E-state index in [-0.39, 0.29) is 11.6 Å². The van der Waals surface area contributed by atoms with Crippen molar-refractivity contribution in [3.05, 3.63) is 28.9 Å². The first-order valence-electron chi connectivity index (χ1n) is 4.11. The van der Waals surface area contributed by atoms with Crippen LogP contribution in [-0.2, 0) is 6.42 Å². The summed E-state index contributed by atoms with van der Waals surface area (Å²) in [5.74, 6) is 0.0616. The molecule has 1 heterocycles. The van der Waals surface area contributed by atoms with Crippen LogP contribution in [0.2, 0.25) is 0 Å². The Balaban J connectivity index is 2.85. The van der Waals surface area contributed by atoms with Gasteiger partial charge in [-0.1, -0.05) is 6.92 Å². The highest BCUT2D eigenvalue weighted by Crippen LogP contribution is 2.34. The first kappa shape index (κ1) is 8.51. The van der Waals surface area contributed by atoms with E-state index < -0.39 is 0 Å². The highest BCUT2D eigenvalue weighted by Gasteiger charge is 2.09. The Morgan fingerprint density at radius 1 is 1.46 bits per heavy atom. The van der Waals surface area contributed by atoms with Gasteiger partial charge in [-0.05, 0) is 18.6 Å². The minimum absolute atomic E-state index is 0.183. The van der Waals surface area contributed by atoms with Crippen LogP contribution in [0.25, 0.3) is 10.1 Å². The maximum Gasteiger partial charge on any atom is 0.134 e.